The lowest BCUT2D eigenvalue weighted by atomic mass is 9.89. The first-order chi connectivity index (χ1) is 15.0. The minimum Gasteiger partial charge on any atom is -0.366 e. The van der Waals surface area contributed by atoms with Gasteiger partial charge in [0.2, 0.25) is 0 Å². The van der Waals surface area contributed by atoms with Gasteiger partial charge in [-0.3, -0.25) is 4.79 Å². The quantitative estimate of drug-likeness (QED) is 0.632. The van der Waals surface area contributed by atoms with Gasteiger partial charge in [0.1, 0.15) is 5.82 Å². The molecule has 2 unspecified atom stereocenters. The Morgan fingerprint density at radius 2 is 1.90 bits per heavy atom. The van der Waals surface area contributed by atoms with Crippen LogP contribution in [0.1, 0.15) is 54.9 Å². The Hall–Kier alpha value is -2.40. The fourth-order valence-electron chi connectivity index (χ4n) is 5.84. The van der Waals surface area contributed by atoms with Crippen LogP contribution < -0.4 is 9.80 Å². The molecule has 31 heavy (non-hydrogen) atoms. The first-order valence-corrected chi connectivity index (χ1v) is 11.7. The van der Waals surface area contributed by atoms with Crippen molar-refractivity contribution in [1.82, 2.24) is 4.90 Å². The lowest BCUT2D eigenvalue weighted by molar-refractivity contribution is 0.0971. The maximum absolute atomic E-state index is 13.1. The number of benzene rings is 2. The second-order valence-electron chi connectivity index (χ2n) is 9.49. The molecule has 2 atom stereocenters. The van der Waals surface area contributed by atoms with Crippen molar-refractivity contribution in [3.05, 3.63) is 59.4 Å². The van der Waals surface area contributed by atoms with Crippen LogP contribution in [0.3, 0.4) is 0 Å². The Kier molecular flexibility index (Phi) is 5.47. The number of Topliss-reactive ketones (excluding diaryl/α,β-unsaturated/α-hetero) is 1. The average molecular weight is 422 g/mol. The van der Waals surface area contributed by atoms with Crippen molar-refractivity contribution in [3.63, 3.8) is 0 Å². The minimum atomic E-state index is -0.297. The SMILES string of the molecule is CC(C)N1CCN2c3c(cccc31)C1CN(CCCC(=O)c3ccc(F)cc3)CCC12. The van der Waals surface area contributed by atoms with Gasteiger partial charge in [-0.25, -0.2) is 4.39 Å². The van der Waals surface area contributed by atoms with Crippen molar-refractivity contribution in [3.8, 4) is 0 Å². The first kappa shape index (κ1) is 20.5. The maximum Gasteiger partial charge on any atom is 0.162 e. The van der Waals surface area contributed by atoms with E-state index in [9.17, 15) is 9.18 Å². The molecule has 0 bridgehead atoms. The first-order valence-electron chi connectivity index (χ1n) is 11.7. The van der Waals surface area contributed by atoms with Crippen molar-refractivity contribution in [2.24, 2.45) is 0 Å². The summed E-state index contributed by atoms with van der Waals surface area (Å²) in [5.74, 6) is 0.370. The van der Waals surface area contributed by atoms with E-state index < -0.39 is 0 Å². The monoisotopic (exact) mass is 421 g/mol. The Balaban J connectivity index is 1.24. The van der Waals surface area contributed by atoms with Crippen LogP contribution in [0.5, 0.6) is 0 Å². The molecule has 164 valence electrons. The van der Waals surface area contributed by atoms with E-state index in [1.807, 2.05) is 0 Å². The molecule has 0 saturated carbocycles. The number of carbonyl (C=O) groups excluding carboxylic acids is 1. The maximum atomic E-state index is 13.1. The van der Waals surface area contributed by atoms with Gasteiger partial charge < -0.3 is 14.7 Å². The van der Waals surface area contributed by atoms with Crippen LogP contribution in [-0.2, 0) is 0 Å². The summed E-state index contributed by atoms with van der Waals surface area (Å²) < 4.78 is 13.1. The third-order valence-corrected chi connectivity index (χ3v) is 7.35. The molecule has 3 aliphatic rings. The van der Waals surface area contributed by atoms with Gasteiger partial charge in [0.25, 0.3) is 0 Å². The van der Waals surface area contributed by atoms with E-state index in [-0.39, 0.29) is 11.6 Å². The number of hydrogen-bond donors (Lipinski definition) is 0. The Morgan fingerprint density at radius 1 is 1.10 bits per heavy atom. The van der Waals surface area contributed by atoms with Crippen LogP contribution in [-0.4, -0.2) is 55.5 Å². The molecular formula is C26H32FN3O. The number of nitrogens with zero attached hydrogens (tertiary/aromatic N) is 3. The molecule has 5 rings (SSSR count). The van der Waals surface area contributed by atoms with Crippen LogP contribution in [0.2, 0.25) is 0 Å². The van der Waals surface area contributed by atoms with Gasteiger partial charge in [0.05, 0.1) is 11.4 Å². The summed E-state index contributed by atoms with van der Waals surface area (Å²) in [6, 6.07) is 13.9. The molecule has 5 heteroatoms. The molecule has 0 N–H and O–H groups in total. The van der Waals surface area contributed by atoms with Crippen molar-refractivity contribution >= 4 is 17.2 Å². The summed E-state index contributed by atoms with van der Waals surface area (Å²) in [5.41, 5.74) is 5.01. The van der Waals surface area contributed by atoms with Crippen LogP contribution >= 0.6 is 0 Å². The van der Waals surface area contributed by atoms with Crippen LogP contribution in [0.4, 0.5) is 15.8 Å². The van der Waals surface area contributed by atoms with E-state index in [4.69, 9.17) is 0 Å². The highest BCUT2D eigenvalue weighted by Crippen LogP contribution is 2.50. The fraction of sp³-hybridized carbons (Fsp3) is 0.500. The average Bonchev–Trinajstić information content (AvgIpc) is 3.09. The van der Waals surface area contributed by atoms with Gasteiger partial charge in [-0.1, -0.05) is 12.1 Å². The molecule has 0 radical (unpaired) electrons. The van der Waals surface area contributed by atoms with Crippen LogP contribution in [0.15, 0.2) is 42.5 Å². The number of halogens is 1. The number of ketones is 1. The summed E-state index contributed by atoms with van der Waals surface area (Å²) >= 11 is 0. The molecule has 2 aromatic rings. The number of para-hydroxylation sites is 1. The molecule has 4 nitrogen and oxygen atoms in total. The molecular weight excluding hydrogens is 389 g/mol. The van der Waals surface area contributed by atoms with Gasteiger partial charge in [0, 0.05) is 56.2 Å². The zero-order valence-corrected chi connectivity index (χ0v) is 18.6. The van der Waals surface area contributed by atoms with Gasteiger partial charge >= 0.3 is 0 Å². The van der Waals surface area contributed by atoms with Gasteiger partial charge in [-0.05, 0) is 69.1 Å². The van der Waals surface area contributed by atoms with E-state index in [1.54, 1.807) is 12.1 Å². The van der Waals surface area contributed by atoms with E-state index in [2.05, 4.69) is 46.7 Å². The molecule has 2 aromatic carbocycles. The number of hydrogen-bond acceptors (Lipinski definition) is 4. The molecule has 3 heterocycles. The van der Waals surface area contributed by atoms with Crippen molar-refractivity contribution in [2.75, 3.05) is 42.5 Å². The predicted octanol–water partition coefficient (Wildman–Crippen LogP) is 4.70. The number of rotatable bonds is 6. The second-order valence-corrected chi connectivity index (χ2v) is 9.49. The van der Waals surface area contributed by atoms with Gasteiger partial charge in [-0.15, -0.1) is 0 Å². The number of piperidine rings is 1. The number of fused-ring (bicyclic) bond motifs is 3. The van der Waals surface area contributed by atoms with E-state index in [0.29, 0.717) is 30.0 Å². The Morgan fingerprint density at radius 3 is 2.68 bits per heavy atom. The molecule has 0 amide bonds. The highest BCUT2D eigenvalue weighted by Gasteiger charge is 2.44. The molecule has 1 fully saturated rings. The van der Waals surface area contributed by atoms with E-state index >= 15 is 0 Å². The normalized spacial score (nSPS) is 22.6. The number of anilines is 2. The lowest BCUT2D eigenvalue weighted by Crippen LogP contribution is -2.50. The molecule has 1 saturated heterocycles. The zero-order valence-electron chi connectivity index (χ0n) is 18.6. The number of carbonyl (C=O) groups is 1. The van der Waals surface area contributed by atoms with Gasteiger partial charge in [0.15, 0.2) is 5.78 Å². The summed E-state index contributed by atoms with van der Waals surface area (Å²) in [6.45, 7) is 9.91. The van der Waals surface area contributed by atoms with Crippen LogP contribution in [0, 0.1) is 5.82 Å². The predicted molar refractivity (Wildman–Crippen MR) is 124 cm³/mol. The highest BCUT2D eigenvalue weighted by atomic mass is 19.1. The number of likely N-dealkylation sites (tertiary alicyclic amines) is 1. The molecule has 0 aliphatic carbocycles. The summed E-state index contributed by atoms with van der Waals surface area (Å²) in [4.78, 5) is 20.2. The summed E-state index contributed by atoms with van der Waals surface area (Å²) in [5, 5.41) is 0. The van der Waals surface area contributed by atoms with Crippen molar-refractivity contribution < 1.29 is 9.18 Å². The topological polar surface area (TPSA) is 26.8 Å². The third kappa shape index (κ3) is 3.73. The third-order valence-electron chi connectivity index (χ3n) is 7.35. The highest BCUT2D eigenvalue weighted by molar-refractivity contribution is 5.95. The second kappa shape index (κ2) is 8.27. The largest absolute Gasteiger partial charge is 0.366 e. The van der Waals surface area contributed by atoms with Gasteiger partial charge in [-0.2, -0.15) is 0 Å². The molecule has 3 aliphatic heterocycles. The zero-order chi connectivity index (χ0) is 21.5. The van der Waals surface area contributed by atoms with Crippen molar-refractivity contribution in [1.29, 1.82) is 0 Å². The standard InChI is InChI=1S/C26H32FN3O/c1-18(2)29-15-16-30-23-12-14-28(17-22(23)21-5-3-6-24(29)26(21)30)13-4-7-25(31)19-8-10-20(27)11-9-19/h3,5-6,8-11,18,22-23H,4,7,12-17H2,1-2H3. The molecule has 0 aromatic heterocycles. The van der Waals surface area contributed by atoms with Crippen molar-refractivity contribution in [2.45, 2.75) is 51.1 Å². The minimum absolute atomic E-state index is 0.108. The molecule has 0 spiro atoms. The summed E-state index contributed by atoms with van der Waals surface area (Å²) in [7, 11) is 0. The summed E-state index contributed by atoms with van der Waals surface area (Å²) in [6.07, 6.45) is 2.56. The fourth-order valence-corrected chi connectivity index (χ4v) is 5.84. The Bertz CT molecular complexity index is 958. The van der Waals surface area contributed by atoms with E-state index in [0.717, 1.165) is 39.1 Å². The van der Waals surface area contributed by atoms with Crippen LogP contribution in [0.25, 0.3) is 0 Å². The van der Waals surface area contributed by atoms with E-state index in [1.165, 1.54) is 35.5 Å². The Labute approximate surface area is 184 Å². The smallest absolute Gasteiger partial charge is 0.162 e. The lowest BCUT2D eigenvalue weighted by Gasteiger charge is -2.43.